The zero-order valence-corrected chi connectivity index (χ0v) is 21.5. The molecule has 7 heteroatoms. The van der Waals surface area contributed by atoms with Gasteiger partial charge in [-0.15, -0.1) is 5.10 Å². The lowest BCUT2D eigenvalue weighted by Crippen LogP contribution is -2.32. The summed E-state index contributed by atoms with van der Waals surface area (Å²) in [4.78, 5) is 0.727. The van der Waals surface area contributed by atoms with Crippen molar-refractivity contribution in [2.75, 3.05) is 13.2 Å². The van der Waals surface area contributed by atoms with E-state index in [0.29, 0.717) is 0 Å². The van der Waals surface area contributed by atoms with Crippen LogP contribution in [-0.2, 0) is 17.7 Å². The highest BCUT2D eigenvalue weighted by Crippen LogP contribution is 2.38. The van der Waals surface area contributed by atoms with Crippen molar-refractivity contribution >= 4 is 34.5 Å². The van der Waals surface area contributed by atoms with Gasteiger partial charge in [0.05, 0.1) is 6.10 Å². The van der Waals surface area contributed by atoms with Gasteiger partial charge >= 0.3 is 0 Å². The minimum atomic E-state index is 0.215. The number of aryl methyl sites for hydroxylation is 3. The second-order valence-electron chi connectivity index (χ2n) is 9.59. The summed E-state index contributed by atoms with van der Waals surface area (Å²) in [5.74, 6) is 0.957. The van der Waals surface area contributed by atoms with E-state index >= 15 is 0 Å². The van der Waals surface area contributed by atoms with Crippen molar-refractivity contribution in [3.05, 3.63) is 70.4 Å². The summed E-state index contributed by atoms with van der Waals surface area (Å²) in [5.41, 5.74) is 8.16. The van der Waals surface area contributed by atoms with E-state index in [2.05, 4.69) is 45.6 Å². The van der Waals surface area contributed by atoms with Gasteiger partial charge in [-0.2, -0.15) is 0 Å². The average molecular weight is 505 g/mol. The summed E-state index contributed by atoms with van der Waals surface area (Å²) in [6, 6.07) is 16.7. The van der Waals surface area contributed by atoms with Crippen molar-refractivity contribution < 1.29 is 4.74 Å². The summed E-state index contributed by atoms with van der Waals surface area (Å²) in [5, 5.41) is 9.42. The molecule has 1 atom stereocenters. The maximum Gasteiger partial charge on any atom is 0.162 e. The molecule has 4 aromatic rings. The highest BCUT2D eigenvalue weighted by Gasteiger charge is 2.29. The van der Waals surface area contributed by atoms with E-state index in [0.717, 1.165) is 84.5 Å². The second-order valence-corrected chi connectivity index (χ2v) is 10.4. The third-order valence-corrected chi connectivity index (χ3v) is 7.75. The first kappa shape index (κ1) is 22.8. The summed E-state index contributed by atoms with van der Waals surface area (Å²) < 4.78 is 10.3. The first-order valence-electron chi connectivity index (χ1n) is 12.5. The average Bonchev–Trinajstić information content (AvgIpc) is 3.54. The number of nitrogens with one attached hydrogen (secondary N) is 1. The lowest BCUT2D eigenvalue weighted by atomic mass is 9.97. The number of nitrogens with zero attached hydrogens (tertiary/aromatic N) is 3. The maximum absolute atomic E-state index is 6.18. The van der Waals surface area contributed by atoms with Crippen molar-refractivity contribution in [3.63, 3.8) is 0 Å². The minimum absolute atomic E-state index is 0.215. The van der Waals surface area contributed by atoms with Crippen molar-refractivity contribution in [2.45, 2.75) is 51.7 Å². The zero-order chi connectivity index (χ0) is 23.9. The molecule has 0 bridgehead atoms. The zero-order valence-electron chi connectivity index (χ0n) is 19.9. The Hall–Kier alpha value is -2.67. The van der Waals surface area contributed by atoms with Gasteiger partial charge in [0.25, 0.3) is 0 Å². The third-order valence-electron chi connectivity index (χ3n) is 7.16. The van der Waals surface area contributed by atoms with E-state index in [4.69, 9.17) is 33.7 Å². The largest absolute Gasteiger partial charge is 0.376 e. The second kappa shape index (κ2) is 9.41. The Kier molecular flexibility index (Phi) is 6.13. The molecule has 180 valence electrons. The normalized spacial score (nSPS) is 17.6. The van der Waals surface area contributed by atoms with Crippen LogP contribution >= 0.6 is 23.8 Å². The fourth-order valence-corrected chi connectivity index (χ4v) is 5.79. The molecule has 4 heterocycles. The molecule has 35 heavy (non-hydrogen) atoms. The van der Waals surface area contributed by atoms with E-state index in [-0.39, 0.29) is 6.10 Å². The Morgan fingerprint density at radius 3 is 2.60 bits per heavy atom. The standard InChI is InChI=1S/C28H29ClN4OS/c1-18-7-9-19(10-8-18)24-23-6-2-3-15-32-26(20-11-13-21(29)14-12-20)31-33(28(23)32)25(24)27(35)30-17-22-5-4-16-34-22/h7-14,22H,2-6,15-17H2,1H3,(H,30,35). The molecule has 1 N–H and O–H groups in total. The molecule has 1 unspecified atom stereocenters. The fourth-order valence-electron chi connectivity index (χ4n) is 5.39. The number of halogens is 1. The summed E-state index contributed by atoms with van der Waals surface area (Å²) in [7, 11) is 0. The molecule has 2 aliphatic heterocycles. The molecule has 6 rings (SSSR count). The van der Waals surface area contributed by atoms with E-state index < -0.39 is 0 Å². The Morgan fingerprint density at radius 2 is 1.86 bits per heavy atom. The monoisotopic (exact) mass is 504 g/mol. The van der Waals surface area contributed by atoms with Crippen LogP contribution in [0.25, 0.3) is 28.2 Å². The van der Waals surface area contributed by atoms with Crippen LogP contribution in [0, 0.1) is 6.92 Å². The molecule has 1 saturated heterocycles. The third kappa shape index (κ3) is 4.18. The van der Waals surface area contributed by atoms with Crippen LogP contribution in [0.2, 0.25) is 5.02 Å². The van der Waals surface area contributed by atoms with Crippen molar-refractivity contribution in [1.29, 1.82) is 0 Å². The topological polar surface area (TPSA) is 43.5 Å². The Labute approximate surface area is 216 Å². The van der Waals surface area contributed by atoms with Gasteiger partial charge in [-0.05, 0) is 68.9 Å². The van der Waals surface area contributed by atoms with Crippen LogP contribution < -0.4 is 5.32 Å². The van der Waals surface area contributed by atoms with Gasteiger partial charge in [0, 0.05) is 41.4 Å². The van der Waals surface area contributed by atoms with Gasteiger partial charge in [-0.25, -0.2) is 4.52 Å². The summed E-state index contributed by atoms with van der Waals surface area (Å²) in [6.45, 7) is 4.61. The van der Waals surface area contributed by atoms with Gasteiger partial charge in [0.2, 0.25) is 0 Å². The Balaban J connectivity index is 1.54. The van der Waals surface area contributed by atoms with E-state index in [9.17, 15) is 0 Å². The molecule has 0 amide bonds. The van der Waals surface area contributed by atoms with E-state index in [1.165, 1.54) is 22.3 Å². The first-order valence-corrected chi connectivity index (χ1v) is 13.3. The fraction of sp³-hybridized carbons (Fsp3) is 0.357. The van der Waals surface area contributed by atoms with Crippen LogP contribution in [0.15, 0.2) is 48.5 Å². The lowest BCUT2D eigenvalue weighted by molar-refractivity contribution is 0.114. The maximum atomic E-state index is 6.18. The van der Waals surface area contributed by atoms with Gasteiger partial charge in [0.15, 0.2) is 5.82 Å². The molecule has 1 fully saturated rings. The molecule has 2 aliphatic rings. The Morgan fingerprint density at radius 1 is 1.09 bits per heavy atom. The molecular weight excluding hydrogens is 476 g/mol. The number of hydrogen-bond acceptors (Lipinski definition) is 3. The summed E-state index contributed by atoms with van der Waals surface area (Å²) in [6.07, 6.45) is 5.66. The van der Waals surface area contributed by atoms with Crippen LogP contribution in [0.1, 0.15) is 42.5 Å². The summed E-state index contributed by atoms with van der Waals surface area (Å²) >= 11 is 12.2. The highest BCUT2D eigenvalue weighted by atomic mass is 35.5. The lowest BCUT2D eigenvalue weighted by Gasteiger charge is -2.14. The van der Waals surface area contributed by atoms with Crippen LogP contribution in [0.4, 0.5) is 0 Å². The van der Waals surface area contributed by atoms with Crippen molar-refractivity contribution in [2.24, 2.45) is 0 Å². The predicted octanol–water partition coefficient (Wildman–Crippen LogP) is 6.21. The molecule has 0 spiro atoms. The van der Waals surface area contributed by atoms with Crippen LogP contribution in [0.3, 0.4) is 0 Å². The first-order chi connectivity index (χ1) is 17.1. The number of hydrogen-bond donors (Lipinski definition) is 1. The SMILES string of the molecule is Cc1ccc(-c2c3c4n(c(-c5ccc(Cl)cc5)nn4c2C(=S)NCC2CCCO2)CCCC3)cc1. The molecule has 5 nitrogen and oxygen atoms in total. The molecule has 2 aromatic heterocycles. The number of aromatic nitrogens is 3. The van der Waals surface area contributed by atoms with E-state index in [1.807, 2.05) is 24.3 Å². The smallest absolute Gasteiger partial charge is 0.162 e. The number of ether oxygens (including phenoxy) is 1. The van der Waals surface area contributed by atoms with Crippen molar-refractivity contribution in [3.8, 4) is 22.5 Å². The molecule has 0 saturated carbocycles. The van der Waals surface area contributed by atoms with Crippen molar-refractivity contribution in [1.82, 2.24) is 19.5 Å². The number of rotatable bonds is 5. The molecule has 0 aliphatic carbocycles. The van der Waals surface area contributed by atoms with Gasteiger partial charge in [0.1, 0.15) is 16.3 Å². The quantitative estimate of drug-likeness (QED) is 0.328. The van der Waals surface area contributed by atoms with Crippen LogP contribution in [-0.4, -0.2) is 38.4 Å². The number of benzene rings is 2. The van der Waals surface area contributed by atoms with Gasteiger partial charge in [-0.1, -0.05) is 53.6 Å². The van der Waals surface area contributed by atoms with Crippen LogP contribution in [0.5, 0.6) is 0 Å². The minimum Gasteiger partial charge on any atom is -0.376 e. The van der Waals surface area contributed by atoms with Gasteiger partial charge in [-0.3, -0.25) is 0 Å². The molecule has 2 aromatic carbocycles. The molecular formula is C28H29ClN4OS. The number of thiocarbonyl (C=S) groups is 1. The van der Waals surface area contributed by atoms with E-state index in [1.54, 1.807) is 0 Å². The van der Waals surface area contributed by atoms with Gasteiger partial charge < -0.3 is 14.6 Å². The predicted molar refractivity (Wildman–Crippen MR) is 145 cm³/mol. The molecule has 0 radical (unpaired) electrons. The Bertz CT molecular complexity index is 1380. The highest BCUT2D eigenvalue weighted by molar-refractivity contribution is 7.80.